The molecule has 0 N–H and O–H groups in total. The van der Waals surface area contributed by atoms with Gasteiger partial charge in [0.2, 0.25) is 15.9 Å². The first kappa shape index (κ1) is 17.8. The number of sulfonamides is 1. The second-order valence-corrected chi connectivity index (χ2v) is 8.97. The van der Waals surface area contributed by atoms with Crippen molar-refractivity contribution in [3.05, 3.63) is 30.1 Å². The van der Waals surface area contributed by atoms with Crippen molar-refractivity contribution in [3.8, 4) is 0 Å². The number of hydrogen-bond acceptors (Lipinski definition) is 5. The highest BCUT2D eigenvalue weighted by atomic mass is 32.2. The van der Waals surface area contributed by atoms with Crippen LogP contribution in [0.1, 0.15) is 16.8 Å². The second-order valence-electron chi connectivity index (χ2n) is 6.99. The summed E-state index contributed by atoms with van der Waals surface area (Å²) in [5.74, 6) is -0.189. The van der Waals surface area contributed by atoms with E-state index in [1.54, 1.807) is 41.4 Å². The molecule has 1 atom stereocenters. The molecule has 2 fully saturated rings. The van der Waals surface area contributed by atoms with Gasteiger partial charge in [-0.05, 0) is 12.1 Å². The summed E-state index contributed by atoms with van der Waals surface area (Å²) in [6, 6.07) is 3.28. The molecule has 3 heterocycles. The average molecular weight is 366 g/mol. The molecule has 2 saturated heterocycles. The first-order chi connectivity index (χ1) is 11.7. The van der Waals surface area contributed by atoms with Gasteiger partial charge < -0.3 is 9.80 Å². The van der Waals surface area contributed by atoms with Gasteiger partial charge in [-0.25, -0.2) is 8.42 Å². The smallest absolute Gasteiger partial charge is 0.254 e. The van der Waals surface area contributed by atoms with E-state index >= 15 is 0 Å². The van der Waals surface area contributed by atoms with Crippen molar-refractivity contribution < 1.29 is 18.0 Å². The molecule has 2 aliphatic heterocycles. The van der Waals surface area contributed by atoms with Gasteiger partial charge in [-0.3, -0.25) is 14.6 Å². The Bertz CT molecular complexity index is 783. The highest BCUT2D eigenvalue weighted by molar-refractivity contribution is 7.88. The molecular formula is C16H22N4O4S. The normalized spacial score (nSPS) is 25.4. The molecule has 136 valence electrons. The maximum Gasteiger partial charge on any atom is 0.254 e. The van der Waals surface area contributed by atoms with Crippen LogP contribution in [0.25, 0.3) is 0 Å². The predicted octanol–water partition coefficient (Wildman–Crippen LogP) is -0.352. The number of nitrogens with zero attached hydrogens (tertiary/aromatic N) is 4. The van der Waals surface area contributed by atoms with Crippen LogP contribution in [0.4, 0.5) is 0 Å². The van der Waals surface area contributed by atoms with E-state index in [1.165, 1.54) is 10.6 Å². The van der Waals surface area contributed by atoms with Gasteiger partial charge in [0.15, 0.2) is 0 Å². The molecule has 8 nitrogen and oxygen atoms in total. The maximum absolute atomic E-state index is 12.8. The van der Waals surface area contributed by atoms with Gasteiger partial charge >= 0.3 is 0 Å². The van der Waals surface area contributed by atoms with Gasteiger partial charge in [-0.2, -0.15) is 4.31 Å². The molecular weight excluding hydrogens is 344 g/mol. The van der Waals surface area contributed by atoms with E-state index in [0.717, 1.165) is 0 Å². The highest BCUT2D eigenvalue weighted by Crippen LogP contribution is 2.35. The summed E-state index contributed by atoms with van der Waals surface area (Å²) in [6.07, 6.45) is 4.52. The van der Waals surface area contributed by atoms with Crippen molar-refractivity contribution in [2.75, 3.05) is 46.0 Å². The average Bonchev–Trinajstić information content (AvgIpc) is 2.72. The van der Waals surface area contributed by atoms with Crippen LogP contribution in [0.5, 0.6) is 0 Å². The monoisotopic (exact) mass is 366 g/mol. The minimum absolute atomic E-state index is 0.0216. The molecule has 9 heteroatoms. The number of pyridine rings is 1. The van der Waals surface area contributed by atoms with Crippen molar-refractivity contribution in [2.24, 2.45) is 5.41 Å². The fourth-order valence-corrected chi connectivity index (χ4v) is 4.59. The number of amides is 2. The number of likely N-dealkylation sites (tertiary alicyclic amines) is 1. The van der Waals surface area contributed by atoms with Gasteiger partial charge in [-0.15, -0.1) is 0 Å². The topological polar surface area (TPSA) is 90.9 Å². The lowest BCUT2D eigenvalue weighted by molar-refractivity contribution is -0.126. The minimum Gasteiger partial charge on any atom is -0.345 e. The fraction of sp³-hybridized carbons (Fsp3) is 0.562. The first-order valence-electron chi connectivity index (χ1n) is 8.09. The summed E-state index contributed by atoms with van der Waals surface area (Å²) in [4.78, 5) is 32.1. The highest BCUT2D eigenvalue weighted by Gasteiger charge is 2.47. The van der Waals surface area contributed by atoms with E-state index in [1.807, 2.05) is 0 Å². The summed E-state index contributed by atoms with van der Waals surface area (Å²) < 4.78 is 25.6. The third kappa shape index (κ3) is 3.67. The molecule has 3 rings (SSSR count). The SMILES string of the molecule is CN1CC2(CC1=O)CN(C(=O)c1ccncc1)CCN(S(C)(=O)=O)C2. The van der Waals surface area contributed by atoms with E-state index in [2.05, 4.69) is 4.98 Å². The molecule has 1 unspecified atom stereocenters. The van der Waals surface area contributed by atoms with Crippen molar-refractivity contribution >= 4 is 21.8 Å². The van der Waals surface area contributed by atoms with Crippen LogP contribution in [0.3, 0.4) is 0 Å². The van der Waals surface area contributed by atoms with Crippen LogP contribution in [0.15, 0.2) is 24.5 Å². The lowest BCUT2D eigenvalue weighted by Gasteiger charge is -2.32. The van der Waals surface area contributed by atoms with Gasteiger partial charge in [-0.1, -0.05) is 0 Å². The third-order valence-corrected chi connectivity index (χ3v) is 6.12. The number of carbonyl (C=O) groups is 2. The molecule has 25 heavy (non-hydrogen) atoms. The standard InChI is InChI=1S/C16H22N4O4S/c1-18-10-16(9-14(18)21)11-19(7-8-20(12-16)25(2,23)24)15(22)13-3-5-17-6-4-13/h3-6H,7-12H2,1-2H3. The van der Waals surface area contributed by atoms with Gasteiger partial charge in [0.05, 0.1) is 6.26 Å². The molecule has 2 aliphatic rings. The van der Waals surface area contributed by atoms with E-state index in [4.69, 9.17) is 0 Å². The Kier molecular flexibility index (Phi) is 4.54. The number of aromatic nitrogens is 1. The number of hydrogen-bond donors (Lipinski definition) is 0. The molecule has 2 amide bonds. The Morgan fingerprint density at radius 3 is 2.40 bits per heavy atom. The molecule has 1 aromatic rings. The molecule has 1 spiro atoms. The quantitative estimate of drug-likeness (QED) is 0.713. The summed E-state index contributed by atoms with van der Waals surface area (Å²) in [5, 5.41) is 0. The lowest BCUT2D eigenvalue weighted by atomic mass is 9.86. The summed E-state index contributed by atoms with van der Waals surface area (Å²) >= 11 is 0. The van der Waals surface area contributed by atoms with Crippen molar-refractivity contribution in [2.45, 2.75) is 6.42 Å². The van der Waals surface area contributed by atoms with Crippen molar-refractivity contribution in [1.82, 2.24) is 19.1 Å². The van der Waals surface area contributed by atoms with Gasteiger partial charge in [0.25, 0.3) is 5.91 Å². The molecule has 0 saturated carbocycles. The van der Waals surface area contributed by atoms with Crippen LogP contribution in [0.2, 0.25) is 0 Å². The molecule has 0 aliphatic carbocycles. The van der Waals surface area contributed by atoms with Crippen LogP contribution in [-0.2, 0) is 14.8 Å². The molecule has 0 bridgehead atoms. The second kappa shape index (κ2) is 6.38. The van der Waals surface area contributed by atoms with Gasteiger partial charge in [0, 0.05) is 69.6 Å². The van der Waals surface area contributed by atoms with Gasteiger partial charge in [0.1, 0.15) is 0 Å². The zero-order valence-corrected chi connectivity index (χ0v) is 15.2. The Balaban J connectivity index is 1.92. The number of carbonyl (C=O) groups excluding carboxylic acids is 2. The minimum atomic E-state index is -3.41. The summed E-state index contributed by atoms with van der Waals surface area (Å²) in [5.41, 5.74) is -0.0654. The summed E-state index contributed by atoms with van der Waals surface area (Å²) in [7, 11) is -1.70. The Morgan fingerprint density at radius 2 is 1.84 bits per heavy atom. The maximum atomic E-state index is 12.8. The summed E-state index contributed by atoms with van der Waals surface area (Å²) in [6.45, 7) is 1.58. The predicted molar refractivity (Wildman–Crippen MR) is 91.2 cm³/mol. The van der Waals surface area contributed by atoms with Crippen LogP contribution in [-0.4, -0.2) is 85.3 Å². The van der Waals surface area contributed by atoms with Crippen LogP contribution < -0.4 is 0 Å². The zero-order chi connectivity index (χ0) is 18.2. The Hall–Kier alpha value is -2.00. The number of rotatable bonds is 2. The van der Waals surface area contributed by atoms with Crippen LogP contribution in [0, 0.1) is 5.41 Å². The van der Waals surface area contributed by atoms with E-state index in [0.29, 0.717) is 25.2 Å². The van der Waals surface area contributed by atoms with Crippen molar-refractivity contribution in [3.63, 3.8) is 0 Å². The fourth-order valence-electron chi connectivity index (χ4n) is 3.67. The van der Waals surface area contributed by atoms with E-state index in [-0.39, 0.29) is 31.3 Å². The largest absolute Gasteiger partial charge is 0.345 e. The first-order valence-corrected chi connectivity index (χ1v) is 9.93. The Labute approximate surface area is 147 Å². The molecule has 0 radical (unpaired) electrons. The van der Waals surface area contributed by atoms with E-state index < -0.39 is 15.4 Å². The Morgan fingerprint density at radius 1 is 1.16 bits per heavy atom. The van der Waals surface area contributed by atoms with E-state index in [9.17, 15) is 18.0 Å². The third-order valence-electron chi connectivity index (χ3n) is 4.87. The van der Waals surface area contributed by atoms with Crippen molar-refractivity contribution in [1.29, 1.82) is 0 Å². The molecule has 1 aromatic heterocycles. The lowest BCUT2D eigenvalue weighted by Crippen LogP contribution is -2.45. The molecule has 0 aromatic carbocycles. The zero-order valence-electron chi connectivity index (χ0n) is 14.4. The van der Waals surface area contributed by atoms with Crippen LogP contribution >= 0.6 is 0 Å².